The number of rotatable bonds is 1. The van der Waals surface area contributed by atoms with Gasteiger partial charge in [0, 0.05) is 24.0 Å². The summed E-state index contributed by atoms with van der Waals surface area (Å²) in [5, 5.41) is 0. The fourth-order valence-electron chi connectivity index (χ4n) is 7.08. The summed E-state index contributed by atoms with van der Waals surface area (Å²) in [5.74, 6) is 4.30. The van der Waals surface area contributed by atoms with Crippen LogP contribution in [0, 0.1) is 29.6 Å². The van der Waals surface area contributed by atoms with Crippen LogP contribution in [-0.4, -0.2) is 28.9 Å². The molecule has 116 valence electrons. The highest BCUT2D eigenvalue weighted by molar-refractivity contribution is 5.81. The molecule has 2 unspecified atom stereocenters. The molecule has 4 aliphatic carbocycles. The third-order valence-electron chi connectivity index (χ3n) is 7.54. The summed E-state index contributed by atoms with van der Waals surface area (Å²) in [7, 11) is 0. The first-order valence-electron chi connectivity index (χ1n) is 9.26. The van der Waals surface area contributed by atoms with Crippen LogP contribution in [-0.2, 0) is 4.79 Å². The van der Waals surface area contributed by atoms with Gasteiger partial charge in [-0.3, -0.25) is 4.79 Å². The van der Waals surface area contributed by atoms with Crippen LogP contribution in [0.4, 0.5) is 0 Å². The number of carbonyl (C=O) groups is 1. The van der Waals surface area contributed by atoms with E-state index in [-0.39, 0.29) is 0 Å². The molecule has 21 heavy (non-hydrogen) atoms. The number of carbonyl (C=O) groups excluding carboxylic acids is 1. The van der Waals surface area contributed by atoms with Crippen molar-refractivity contribution < 1.29 is 4.79 Å². The van der Waals surface area contributed by atoms with E-state index in [0.717, 1.165) is 36.5 Å². The van der Waals surface area contributed by atoms with E-state index in [1.165, 1.54) is 44.9 Å². The van der Waals surface area contributed by atoms with Gasteiger partial charge < -0.3 is 10.6 Å². The van der Waals surface area contributed by atoms with Gasteiger partial charge in [-0.25, -0.2) is 0 Å². The van der Waals surface area contributed by atoms with Gasteiger partial charge in [0.2, 0.25) is 5.91 Å². The average molecular weight is 288 g/mol. The quantitative estimate of drug-likeness (QED) is 0.806. The molecule has 2 atom stereocenters. The molecule has 6 fully saturated rings. The second-order valence-electron chi connectivity index (χ2n) is 8.82. The predicted octanol–water partition coefficient (Wildman–Crippen LogP) is 2.54. The van der Waals surface area contributed by atoms with Gasteiger partial charge in [0.05, 0.1) is 0 Å². The molecule has 0 aromatic carbocycles. The molecule has 0 radical (unpaired) electrons. The summed E-state index contributed by atoms with van der Waals surface area (Å²) in [6.45, 7) is 0. The monoisotopic (exact) mass is 288 g/mol. The lowest BCUT2D eigenvalue weighted by Crippen LogP contribution is -2.57. The van der Waals surface area contributed by atoms with Crippen molar-refractivity contribution >= 4 is 5.91 Å². The molecule has 1 amide bonds. The number of nitrogens with zero attached hydrogens (tertiary/aromatic N) is 1. The van der Waals surface area contributed by atoms with Crippen LogP contribution in [0.15, 0.2) is 0 Å². The van der Waals surface area contributed by atoms with E-state index >= 15 is 0 Å². The minimum Gasteiger partial charge on any atom is -0.336 e. The molecule has 0 aromatic rings. The molecule has 2 heterocycles. The lowest BCUT2D eigenvalue weighted by molar-refractivity contribution is -0.153. The molecule has 2 N–H and O–H groups in total. The summed E-state index contributed by atoms with van der Waals surface area (Å²) >= 11 is 0. The Morgan fingerprint density at radius 3 is 1.86 bits per heavy atom. The van der Waals surface area contributed by atoms with Crippen molar-refractivity contribution in [3.05, 3.63) is 0 Å². The number of nitrogens with two attached hydrogens (primary N) is 1. The maximum Gasteiger partial charge on any atom is 0.226 e. The Morgan fingerprint density at radius 1 is 0.810 bits per heavy atom. The highest BCUT2D eigenvalue weighted by Crippen LogP contribution is 2.57. The van der Waals surface area contributed by atoms with Gasteiger partial charge in [0.25, 0.3) is 0 Å². The maximum absolute atomic E-state index is 13.3. The molecule has 4 saturated carbocycles. The van der Waals surface area contributed by atoms with Crippen LogP contribution in [0.2, 0.25) is 0 Å². The Hall–Kier alpha value is -0.570. The van der Waals surface area contributed by atoms with Crippen molar-refractivity contribution in [1.29, 1.82) is 0 Å². The van der Waals surface area contributed by atoms with Crippen molar-refractivity contribution in [2.45, 2.75) is 75.9 Å². The van der Waals surface area contributed by atoms with Crippen molar-refractivity contribution in [2.75, 3.05) is 0 Å². The fraction of sp³-hybridized carbons (Fsp3) is 0.944. The maximum atomic E-state index is 13.3. The Kier molecular flexibility index (Phi) is 2.75. The van der Waals surface area contributed by atoms with E-state index in [0.29, 0.717) is 30.0 Å². The first-order chi connectivity index (χ1) is 10.2. The zero-order valence-electron chi connectivity index (χ0n) is 12.9. The molecule has 2 saturated heterocycles. The van der Waals surface area contributed by atoms with Crippen molar-refractivity contribution in [2.24, 2.45) is 35.3 Å². The van der Waals surface area contributed by atoms with Crippen LogP contribution in [0.25, 0.3) is 0 Å². The van der Waals surface area contributed by atoms with Gasteiger partial charge in [-0.2, -0.15) is 0 Å². The first-order valence-corrected chi connectivity index (χ1v) is 9.26. The van der Waals surface area contributed by atoms with Gasteiger partial charge in [-0.15, -0.1) is 0 Å². The van der Waals surface area contributed by atoms with Gasteiger partial charge >= 0.3 is 0 Å². The zero-order chi connectivity index (χ0) is 14.1. The molecule has 0 aromatic heterocycles. The summed E-state index contributed by atoms with van der Waals surface area (Å²) < 4.78 is 0. The van der Waals surface area contributed by atoms with Crippen molar-refractivity contribution in [1.82, 2.24) is 4.90 Å². The Morgan fingerprint density at radius 2 is 1.33 bits per heavy atom. The molecule has 6 rings (SSSR count). The summed E-state index contributed by atoms with van der Waals surface area (Å²) in [4.78, 5) is 15.7. The SMILES string of the molecule is NC1CC2CCC(C1)N2C(=O)C1C2CC3CC(C2)CC1C3. The largest absolute Gasteiger partial charge is 0.336 e. The normalized spacial score (nSPS) is 54.2. The lowest BCUT2D eigenvalue weighted by Gasteiger charge is -2.55. The molecule has 6 aliphatic rings. The van der Waals surface area contributed by atoms with Crippen LogP contribution in [0.1, 0.15) is 57.8 Å². The van der Waals surface area contributed by atoms with E-state index in [1.807, 2.05) is 0 Å². The van der Waals surface area contributed by atoms with Crippen LogP contribution in [0.5, 0.6) is 0 Å². The van der Waals surface area contributed by atoms with E-state index < -0.39 is 0 Å². The van der Waals surface area contributed by atoms with E-state index in [9.17, 15) is 4.79 Å². The standard InChI is InChI=1S/C18H28N2O/c19-14-8-15-1-2-16(9-14)20(15)18(21)17-12-4-10-3-11(6-12)7-13(17)5-10/h10-17H,1-9,19H2. The Bertz CT molecular complexity index is 420. The fourth-order valence-corrected chi connectivity index (χ4v) is 7.08. The zero-order valence-corrected chi connectivity index (χ0v) is 12.9. The van der Waals surface area contributed by atoms with Gasteiger partial charge in [0.1, 0.15) is 0 Å². The average Bonchev–Trinajstić information content (AvgIpc) is 2.69. The smallest absolute Gasteiger partial charge is 0.226 e. The lowest BCUT2D eigenvalue weighted by atomic mass is 9.51. The van der Waals surface area contributed by atoms with Gasteiger partial charge in [0.15, 0.2) is 0 Å². The van der Waals surface area contributed by atoms with E-state index in [1.54, 1.807) is 0 Å². The minimum absolute atomic E-state index is 0.338. The van der Waals surface area contributed by atoms with E-state index in [2.05, 4.69) is 4.90 Å². The first kappa shape index (κ1) is 12.9. The number of hydrogen-bond acceptors (Lipinski definition) is 2. The molecule has 0 spiro atoms. The van der Waals surface area contributed by atoms with Crippen molar-refractivity contribution in [3.63, 3.8) is 0 Å². The van der Waals surface area contributed by atoms with Crippen LogP contribution < -0.4 is 5.73 Å². The highest BCUT2D eigenvalue weighted by Gasteiger charge is 2.54. The molecule has 2 aliphatic heterocycles. The second-order valence-corrected chi connectivity index (χ2v) is 8.82. The molecular formula is C18H28N2O. The summed E-state index contributed by atoms with van der Waals surface area (Å²) in [5.41, 5.74) is 6.17. The van der Waals surface area contributed by atoms with Crippen LogP contribution >= 0.6 is 0 Å². The highest BCUT2D eigenvalue weighted by atomic mass is 16.2. The Balaban J connectivity index is 1.40. The molecule has 3 nitrogen and oxygen atoms in total. The number of hydrogen-bond donors (Lipinski definition) is 1. The number of amides is 1. The third-order valence-corrected chi connectivity index (χ3v) is 7.54. The second kappa shape index (κ2) is 4.47. The van der Waals surface area contributed by atoms with Gasteiger partial charge in [-0.1, -0.05) is 0 Å². The number of piperidine rings is 1. The topological polar surface area (TPSA) is 46.3 Å². The Labute approximate surface area is 127 Å². The number of fused-ring (bicyclic) bond motifs is 2. The summed E-state index contributed by atoms with van der Waals surface area (Å²) in [6, 6.07) is 1.29. The minimum atomic E-state index is 0.338. The predicted molar refractivity (Wildman–Crippen MR) is 81.4 cm³/mol. The third kappa shape index (κ3) is 1.85. The molecular weight excluding hydrogens is 260 g/mol. The van der Waals surface area contributed by atoms with Crippen molar-refractivity contribution in [3.8, 4) is 0 Å². The van der Waals surface area contributed by atoms with Gasteiger partial charge in [-0.05, 0) is 81.5 Å². The summed E-state index contributed by atoms with van der Waals surface area (Å²) in [6.07, 6.45) is 11.4. The van der Waals surface area contributed by atoms with E-state index in [4.69, 9.17) is 5.73 Å². The van der Waals surface area contributed by atoms with Crippen LogP contribution in [0.3, 0.4) is 0 Å². The molecule has 6 bridgehead atoms. The molecule has 3 heteroatoms.